The predicted molar refractivity (Wildman–Crippen MR) is 131 cm³/mol. The Hall–Kier alpha value is -3.60. The summed E-state index contributed by atoms with van der Waals surface area (Å²) in [6.07, 6.45) is 3.17. The van der Waals surface area contributed by atoms with E-state index in [4.69, 9.17) is 16.2 Å². The summed E-state index contributed by atoms with van der Waals surface area (Å²) in [6, 6.07) is 22.6. The highest BCUT2D eigenvalue weighted by Gasteiger charge is 2.23. The van der Waals surface area contributed by atoms with Crippen LogP contribution < -0.4 is 16.0 Å². The highest BCUT2D eigenvalue weighted by Crippen LogP contribution is 2.33. The number of benzene rings is 3. The number of aryl methyl sites for hydroxylation is 1. The molecule has 5 nitrogen and oxygen atoms in total. The fraction of sp³-hybridized carbons (Fsp3) is 0.259. The van der Waals surface area contributed by atoms with Crippen molar-refractivity contribution in [2.24, 2.45) is 0 Å². The largest absolute Gasteiger partial charge is 0.466 e. The van der Waals surface area contributed by atoms with Crippen molar-refractivity contribution < 1.29 is 14.1 Å². The van der Waals surface area contributed by atoms with E-state index in [-0.39, 0.29) is 5.97 Å². The third kappa shape index (κ3) is 4.52. The first-order valence-corrected chi connectivity index (χ1v) is 11.2. The Balaban J connectivity index is 1.79. The standard InChI is InChI=1S/C27H29N3O2/c1-2-32-26(31)11-7-4-8-16-30-25-18-21(29)13-15-23(25)22-14-12-20(28)17-24(22)27(30)19-9-5-3-6-10-19/h3,5-6,9-10,12-15,17-18,29H,2,4,7-8,11,16,28H2,1H3/p+1. The summed E-state index contributed by atoms with van der Waals surface area (Å²) in [5, 5.41) is 3.44. The number of anilines is 2. The van der Waals surface area contributed by atoms with Crippen molar-refractivity contribution in [1.29, 1.82) is 0 Å². The molecule has 0 spiro atoms. The summed E-state index contributed by atoms with van der Waals surface area (Å²) in [4.78, 5) is 11.7. The molecule has 0 aliphatic heterocycles. The number of hydrogen-bond acceptors (Lipinski definition) is 4. The molecule has 5 heteroatoms. The Kier molecular flexibility index (Phi) is 6.55. The van der Waals surface area contributed by atoms with Crippen LogP contribution in [-0.2, 0) is 16.1 Å². The number of esters is 1. The number of ether oxygens (including phenoxy) is 1. The van der Waals surface area contributed by atoms with Crippen molar-refractivity contribution in [1.82, 2.24) is 0 Å². The van der Waals surface area contributed by atoms with E-state index in [9.17, 15) is 4.79 Å². The van der Waals surface area contributed by atoms with Crippen molar-refractivity contribution in [2.75, 3.05) is 18.1 Å². The topological polar surface area (TPSA) is 82.2 Å². The van der Waals surface area contributed by atoms with Crippen molar-refractivity contribution in [3.63, 3.8) is 0 Å². The minimum atomic E-state index is -0.121. The molecule has 164 valence electrons. The van der Waals surface area contributed by atoms with Crippen LogP contribution in [-0.4, -0.2) is 12.6 Å². The molecule has 4 rings (SSSR count). The Morgan fingerprint density at radius 1 is 0.844 bits per heavy atom. The molecule has 0 fully saturated rings. The number of hydrogen-bond donors (Lipinski definition) is 2. The van der Waals surface area contributed by atoms with Gasteiger partial charge in [0, 0.05) is 41.2 Å². The maximum atomic E-state index is 11.7. The molecule has 0 saturated carbocycles. The van der Waals surface area contributed by atoms with Gasteiger partial charge < -0.3 is 16.2 Å². The van der Waals surface area contributed by atoms with E-state index in [1.165, 1.54) is 0 Å². The van der Waals surface area contributed by atoms with Crippen molar-refractivity contribution in [3.05, 3.63) is 66.7 Å². The molecule has 4 N–H and O–H groups in total. The molecule has 0 aliphatic carbocycles. The van der Waals surface area contributed by atoms with Crippen molar-refractivity contribution in [2.45, 2.75) is 39.2 Å². The third-order valence-electron chi connectivity index (χ3n) is 5.79. The van der Waals surface area contributed by atoms with E-state index in [1.807, 2.05) is 25.1 Å². The maximum Gasteiger partial charge on any atom is 0.305 e. The molecule has 4 aromatic rings. The number of nitrogen functional groups attached to an aromatic ring is 2. The van der Waals surface area contributed by atoms with Crippen molar-refractivity contribution in [3.8, 4) is 11.3 Å². The van der Waals surface area contributed by atoms with Gasteiger partial charge in [-0.1, -0.05) is 24.3 Å². The van der Waals surface area contributed by atoms with Gasteiger partial charge in [0.2, 0.25) is 11.2 Å². The first-order valence-electron chi connectivity index (χ1n) is 11.2. The zero-order valence-electron chi connectivity index (χ0n) is 18.5. The summed E-state index contributed by atoms with van der Waals surface area (Å²) in [6.45, 7) is 3.09. The zero-order valence-corrected chi connectivity index (χ0v) is 18.5. The second-order valence-electron chi connectivity index (χ2n) is 8.06. The molecule has 3 aromatic carbocycles. The first-order chi connectivity index (χ1) is 15.6. The molecule has 1 heterocycles. The molecule has 32 heavy (non-hydrogen) atoms. The SMILES string of the molecule is CCOC(=O)CCCCC[n+]1c(-c2ccccc2)c2cc(N)ccc2c2ccc(N)cc21. The normalized spacial score (nSPS) is 11.2. The molecule has 0 atom stereocenters. The number of nitrogens with zero attached hydrogens (tertiary/aromatic N) is 1. The monoisotopic (exact) mass is 428 g/mol. The Morgan fingerprint density at radius 2 is 1.56 bits per heavy atom. The smallest absolute Gasteiger partial charge is 0.305 e. The number of aromatic nitrogens is 1. The van der Waals surface area contributed by atoms with Crippen LogP contribution in [0.15, 0.2) is 66.7 Å². The van der Waals surface area contributed by atoms with Crippen LogP contribution in [0.3, 0.4) is 0 Å². The fourth-order valence-electron chi connectivity index (χ4n) is 4.35. The lowest BCUT2D eigenvalue weighted by atomic mass is 9.98. The van der Waals surface area contributed by atoms with Gasteiger partial charge in [-0.3, -0.25) is 4.79 Å². The van der Waals surface area contributed by atoms with Crippen LogP contribution in [0.5, 0.6) is 0 Å². The summed E-state index contributed by atoms with van der Waals surface area (Å²) >= 11 is 0. The Morgan fingerprint density at radius 3 is 2.31 bits per heavy atom. The van der Waals surface area contributed by atoms with E-state index in [0.717, 1.165) is 70.1 Å². The number of carbonyl (C=O) groups excluding carboxylic acids is 1. The highest BCUT2D eigenvalue weighted by molar-refractivity contribution is 6.10. The van der Waals surface area contributed by atoms with E-state index >= 15 is 0 Å². The molecule has 0 radical (unpaired) electrons. The van der Waals surface area contributed by atoms with Gasteiger partial charge in [-0.25, -0.2) is 0 Å². The molecule has 0 aliphatic rings. The third-order valence-corrected chi connectivity index (χ3v) is 5.79. The van der Waals surface area contributed by atoms with Gasteiger partial charge in [0.05, 0.1) is 17.4 Å². The number of rotatable bonds is 8. The van der Waals surface area contributed by atoms with Crippen LogP contribution in [0.25, 0.3) is 32.9 Å². The quantitative estimate of drug-likeness (QED) is 0.132. The van der Waals surface area contributed by atoms with Crippen LogP contribution in [0.4, 0.5) is 11.4 Å². The summed E-state index contributed by atoms with van der Waals surface area (Å²) in [7, 11) is 0. The lowest BCUT2D eigenvalue weighted by Gasteiger charge is -2.13. The average Bonchev–Trinajstić information content (AvgIpc) is 2.79. The van der Waals surface area contributed by atoms with Crippen LogP contribution >= 0.6 is 0 Å². The van der Waals surface area contributed by atoms with E-state index in [0.29, 0.717) is 13.0 Å². The lowest BCUT2D eigenvalue weighted by Crippen LogP contribution is -2.37. The van der Waals surface area contributed by atoms with E-state index in [1.54, 1.807) is 0 Å². The minimum absolute atomic E-state index is 0.121. The number of fused-ring (bicyclic) bond motifs is 3. The number of carbonyl (C=O) groups is 1. The minimum Gasteiger partial charge on any atom is -0.466 e. The summed E-state index contributed by atoms with van der Waals surface area (Å²) in [5.74, 6) is -0.121. The fourth-order valence-corrected chi connectivity index (χ4v) is 4.35. The highest BCUT2D eigenvalue weighted by atomic mass is 16.5. The van der Waals surface area contributed by atoms with Crippen LogP contribution in [0, 0.1) is 0 Å². The lowest BCUT2D eigenvalue weighted by molar-refractivity contribution is -0.659. The molecule has 0 saturated heterocycles. The maximum absolute atomic E-state index is 11.7. The first kappa shape index (κ1) is 21.6. The molecular weight excluding hydrogens is 398 g/mol. The summed E-state index contributed by atoms with van der Waals surface area (Å²) in [5.41, 5.74) is 17.3. The molecule has 1 aromatic heterocycles. The number of unbranched alkanes of at least 4 members (excludes halogenated alkanes) is 2. The second-order valence-corrected chi connectivity index (χ2v) is 8.06. The van der Waals surface area contributed by atoms with Gasteiger partial charge in [0.25, 0.3) is 0 Å². The second kappa shape index (κ2) is 9.69. The Bertz CT molecular complexity index is 1250. The van der Waals surface area contributed by atoms with Gasteiger partial charge in [-0.2, -0.15) is 4.57 Å². The molecule has 0 amide bonds. The molecule has 0 bridgehead atoms. The van der Waals surface area contributed by atoms with E-state index in [2.05, 4.69) is 53.1 Å². The van der Waals surface area contributed by atoms with Gasteiger partial charge in [-0.15, -0.1) is 0 Å². The van der Waals surface area contributed by atoms with Gasteiger partial charge in [-0.05, 0) is 56.2 Å². The predicted octanol–water partition coefficient (Wildman–Crippen LogP) is 5.24. The van der Waals surface area contributed by atoms with Gasteiger partial charge >= 0.3 is 5.97 Å². The van der Waals surface area contributed by atoms with Gasteiger partial charge in [0.1, 0.15) is 6.54 Å². The van der Waals surface area contributed by atoms with Gasteiger partial charge in [0.15, 0.2) is 0 Å². The van der Waals surface area contributed by atoms with Crippen molar-refractivity contribution >= 4 is 39.0 Å². The average molecular weight is 429 g/mol. The zero-order chi connectivity index (χ0) is 22.5. The van der Waals surface area contributed by atoms with Crippen LogP contribution in [0.1, 0.15) is 32.6 Å². The summed E-state index contributed by atoms with van der Waals surface area (Å²) < 4.78 is 7.40. The van der Waals surface area contributed by atoms with E-state index < -0.39 is 0 Å². The molecular formula is C27H30N3O2+. The number of nitrogens with two attached hydrogens (primary N) is 2. The Labute approximate surface area is 188 Å². The number of pyridine rings is 1. The molecule has 0 unspecified atom stereocenters. The van der Waals surface area contributed by atoms with Crippen LogP contribution in [0.2, 0.25) is 0 Å².